The molecule has 0 aliphatic heterocycles. The lowest BCUT2D eigenvalue weighted by Crippen LogP contribution is -2.28. The van der Waals surface area contributed by atoms with Gasteiger partial charge >= 0.3 is 0 Å². The van der Waals surface area contributed by atoms with Crippen molar-refractivity contribution in [3.8, 4) is 10.6 Å². The van der Waals surface area contributed by atoms with E-state index in [4.69, 9.17) is 10.7 Å². The van der Waals surface area contributed by atoms with E-state index in [2.05, 4.69) is 52.0 Å². The van der Waals surface area contributed by atoms with E-state index in [0.29, 0.717) is 0 Å². The first-order chi connectivity index (χ1) is 9.63. The van der Waals surface area contributed by atoms with E-state index in [-0.39, 0.29) is 11.0 Å². The highest BCUT2D eigenvalue weighted by molar-refractivity contribution is 7.15. The molecule has 1 aromatic heterocycles. The minimum absolute atomic E-state index is 0.181. The van der Waals surface area contributed by atoms with E-state index in [1.165, 1.54) is 16.0 Å². The Labute approximate surface area is 132 Å². The molecule has 0 atom stereocenters. The van der Waals surface area contributed by atoms with Gasteiger partial charge in [-0.2, -0.15) is 0 Å². The molecule has 21 heavy (non-hydrogen) atoms. The Balaban J connectivity index is 2.41. The third kappa shape index (κ3) is 3.53. The van der Waals surface area contributed by atoms with Gasteiger partial charge in [0.25, 0.3) is 0 Å². The first kappa shape index (κ1) is 16.2. The van der Waals surface area contributed by atoms with E-state index in [1.807, 2.05) is 13.8 Å². The molecule has 0 saturated carbocycles. The minimum Gasteiger partial charge on any atom is -0.321 e. The SMILES string of the molecule is CCc1nc(-c2ccc(C(C)(C)C)cc2)sc1C(C)(C)N. The molecule has 0 amide bonds. The van der Waals surface area contributed by atoms with Crippen LogP contribution >= 0.6 is 11.3 Å². The fraction of sp³-hybridized carbons (Fsp3) is 0.500. The molecule has 2 aromatic rings. The first-order valence-electron chi connectivity index (χ1n) is 7.53. The second kappa shape index (κ2) is 5.54. The average molecular weight is 302 g/mol. The largest absolute Gasteiger partial charge is 0.321 e. The van der Waals surface area contributed by atoms with Crippen molar-refractivity contribution < 1.29 is 0 Å². The summed E-state index contributed by atoms with van der Waals surface area (Å²) in [5, 5.41) is 1.07. The van der Waals surface area contributed by atoms with Crippen LogP contribution in [-0.2, 0) is 17.4 Å². The van der Waals surface area contributed by atoms with Gasteiger partial charge in [-0.25, -0.2) is 4.98 Å². The number of nitrogens with zero attached hydrogens (tertiary/aromatic N) is 1. The van der Waals surface area contributed by atoms with Crippen LogP contribution in [0.2, 0.25) is 0 Å². The number of aryl methyl sites for hydroxylation is 1. The van der Waals surface area contributed by atoms with Crippen LogP contribution in [0.25, 0.3) is 10.6 Å². The second-order valence-corrected chi connectivity index (χ2v) is 8.20. The summed E-state index contributed by atoms with van der Waals surface area (Å²) >= 11 is 1.72. The molecule has 0 unspecified atom stereocenters. The molecule has 2 nitrogen and oxygen atoms in total. The van der Waals surface area contributed by atoms with Crippen molar-refractivity contribution >= 4 is 11.3 Å². The van der Waals surface area contributed by atoms with Crippen molar-refractivity contribution in [3.05, 3.63) is 40.4 Å². The van der Waals surface area contributed by atoms with Gasteiger partial charge in [0.2, 0.25) is 0 Å². The molecule has 2 rings (SSSR count). The summed E-state index contributed by atoms with van der Waals surface area (Å²) in [6.45, 7) is 12.9. The summed E-state index contributed by atoms with van der Waals surface area (Å²) in [5.74, 6) is 0. The molecule has 1 heterocycles. The Hall–Kier alpha value is -1.19. The summed E-state index contributed by atoms with van der Waals surface area (Å²) < 4.78 is 0. The Morgan fingerprint density at radius 2 is 1.62 bits per heavy atom. The Morgan fingerprint density at radius 3 is 2.00 bits per heavy atom. The lowest BCUT2D eigenvalue weighted by atomic mass is 9.87. The van der Waals surface area contributed by atoms with E-state index >= 15 is 0 Å². The molecule has 0 radical (unpaired) electrons. The highest BCUT2D eigenvalue weighted by Gasteiger charge is 2.23. The number of aromatic nitrogens is 1. The normalized spacial score (nSPS) is 12.7. The maximum absolute atomic E-state index is 6.28. The number of hydrogen-bond donors (Lipinski definition) is 1. The maximum Gasteiger partial charge on any atom is 0.123 e. The average Bonchev–Trinajstić information content (AvgIpc) is 2.82. The van der Waals surface area contributed by atoms with Crippen molar-refractivity contribution in [1.82, 2.24) is 4.98 Å². The smallest absolute Gasteiger partial charge is 0.123 e. The van der Waals surface area contributed by atoms with Crippen LogP contribution in [-0.4, -0.2) is 4.98 Å². The van der Waals surface area contributed by atoms with Gasteiger partial charge in [-0.05, 0) is 31.2 Å². The van der Waals surface area contributed by atoms with Crippen LogP contribution in [0, 0.1) is 0 Å². The van der Waals surface area contributed by atoms with E-state index in [9.17, 15) is 0 Å². The van der Waals surface area contributed by atoms with Crippen molar-refractivity contribution in [3.63, 3.8) is 0 Å². The number of benzene rings is 1. The van der Waals surface area contributed by atoms with Crippen LogP contribution < -0.4 is 5.73 Å². The highest BCUT2D eigenvalue weighted by atomic mass is 32.1. The zero-order valence-electron chi connectivity index (χ0n) is 13.9. The molecule has 2 N–H and O–H groups in total. The molecule has 0 aliphatic carbocycles. The van der Waals surface area contributed by atoms with Crippen molar-refractivity contribution in [2.24, 2.45) is 5.73 Å². The minimum atomic E-state index is -0.327. The lowest BCUT2D eigenvalue weighted by Gasteiger charge is -2.18. The lowest BCUT2D eigenvalue weighted by molar-refractivity contribution is 0.559. The van der Waals surface area contributed by atoms with E-state index < -0.39 is 0 Å². The molecule has 114 valence electrons. The van der Waals surface area contributed by atoms with Crippen LogP contribution in [0.1, 0.15) is 57.7 Å². The molecule has 0 fully saturated rings. The summed E-state index contributed by atoms with van der Waals surface area (Å²) in [7, 11) is 0. The van der Waals surface area contributed by atoms with Crippen molar-refractivity contribution in [2.75, 3.05) is 0 Å². The van der Waals surface area contributed by atoms with Gasteiger partial charge in [-0.15, -0.1) is 11.3 Å². The predicted molar refractivity (Wildman–Crippen MR) is 92.8 cm³/mol. The maximum atomic E-state index is 6.28. The van der Waals surface area contributed by atoms with Gasteiger partial charge in [-0.3, -0.25) is 0 Å². The van der Waals surface area contributed by atoms with Gasteiger partial charge in [0, 0.05) is 16.0 Å². The quantitative estimate of drug-likeness (QED) is 0.879. The van der Waals surface area contributed by atoms with Gasteiger partial charge < -0.3 is 5.73 Å². The zero-order valence-corrected chi connectivity index (χ0v) is 14.8. The first-order valence-corrected chi connectivity index (χ1v) is 8.34. The fourth-order valence-corrected chi connectivity index (χ4v) is 3.51. The van der Waals surface area contributed by atoms with Gasteiger partial charge in [-0.1, -0.05) is 52.0 Å². The van der Waals surface area contributed by atoms with Crippen LogP contribution in [0.4, 0.5) is 0 Å². The molecule has 0 bridgehead atoms. The predicted octanol–water partition coefficient (Wildman–Crippen LogP) is 4.86. The summed E-state index contributed by atoms with van der Waals surface area (Å²) in [6, 6.07) is 8.75. The molecule has 3 heteroatoms. The monoisotopic (exact) mass is 302 g/mol. The molecular weight excluding hydrogens is 276 g/mol. The van der Waals surface area contributed by atoms with Crippen molar-refractivity contribution in [2.45, 2.75) is 58.9 Å². The summed E-state index contributed by atoms with van der Waals surface area (Å²) in [5.41, 5.74) is 9.78. The topological polar surface area (TPSA) is 38.9 Å². The molecule has 0 aliphatic rings. The number of hydrogen-bond acceptors (Lipinski definition) is 3. The Kier molecular flexibility index (Phi) is 4.27. The summed E-state index contributed by atoms with van der Waals surface area (Å²) in [4.78, 5) is 5.99. The van der Waals surface area contributed by atoms with Crippen LogP contribution in [0.3, 0.4) is 0 Å². The molecule has 0 saturated heterocycles. The zero-order chi connectivity index (χ0) is 15.8. The van der Waals surface area contributed by atoms with E-state index in [0.717, 1.165) is 17.1 Å². The third-order valence-corrected chi connectivity index (χ3v) is 5.10. The fourth-order valence-electron chi connectivity index (χ4n) is 2.33. The number of thiazole rings is 1. The van der Waals surface area contributed by atoms with Gasteiger partial charge in [0.15, 0.2) is 0 Å². The third-order valence-electron chi connectivity index (χ3n) is 3.62. The van der Waals surface area contributed by atoms with Crippen LogP contribution in [0.5, 0.6) is 0 Å². The molecular formula is C18H26N2S. The van der Waals surface area contributed by atoms with E-state index in [1.54, 1.807) is 11.3 Å². The Bertz CT molecular complexity index is 610. The number of nitrogens with two attached hydrogens (primary N) is 1. The number of rotatable bonds is 3. The second-order valence-electron chi connectivity index (χ2n) is 7.20. The van der Waals surface area contributed by atoms with Gasteiger partial charge in [0.05, 0.1) is 5.69 Å². The van der Waals surface area contributed by atoms with Crippen molar-refractivity contribution in [1.29, 1.82) is 0 Å². The van der Waals surface area contributed by atoms with Crippen LogP contribution in [0.15, 0.2) is 24.3 Å². The Morgan fingerprint density at radius 1 is 1.05 bits per heavy atom. The highest BCUT2D eigenvalue weighted by Crippen LogP contribution is 2.34. The molecule has 0 spiro atoms. The van der Waals surface area contributed by atoms with Gasteiger partial charge in [0.1, 0.15) is 5.01 Å². The molecule has 1 aromatic carbocycles. The standard InChI is InChI=1S/C18H26N2S/c1-7-14-15(18(5,6)19)21-16(20-14)12-8-10-13(11-9-12)17(2,3)4/h8-11H,7,19H2,1-6H3. The summed E-state index contributed by atoms with van der Waals surface area (Å²) in [6.07, 6.45) is 0.923.